The SMILES string of the molecule is CNC(Cc1ccc(Cl)c(Cl)c1)Cc1cc(F)ccc1C. The minimum atomic E-state index is -0.194. The fourth-order valence-electron chi connectivity index (χ4n) is 2.35. The summed E-state index contributed by atoms with van der Waals surface area (Å²) in [7, 11) is 1.91. The molecule has 0 aliphatic heterocycles. The molecule has 0 heterocycles. The zero-order valence-corrected chi connectivity index (χ0v) is 13.6. The molecule has 2 aromatic carbocycles. The van der Waals surface area contributed by atoms with Crippen molar-refractivity contribution < 1.29 is 4.39 Å². The van der Waals surface area contributed by atoms with Crippen molar-refractivity contribution in [3.8, 4) is 0 Å². The molecular weight excluding hydrogens is 308 g/mol. The lowest BCUT2D eigenvalue weighted by Gasteiger charge is -2.18. The van der Waals surface area contributed by atoms with Crippen LogP contribution >= 0.6 is 23.2 Å². The summed E-state index contributed by atoms with van der Waals surface area (Å²) < 4.78 is 13.4. The zero-order chi connectivity index (χ0) is 15.4. The molecule has 0 bridgehead atoms. The molecule has 0 spiro atoms. The maximum Gasteiger partial charge on any atom is 0.123 e. The zero-order valence-electron chi connectivity index (χ0n) is 12.1. The molecule has 0 aliphatic rings. The first-order valence-corrected chi connectivity index (χ1v) is 7.61. The van der Waals surface area contributed by atoms with Crippen LogP contribution in [0, 0.1) is 12.7 Å². The van der Waals surface area contributed by atoms with E-state index >= 15 is 0 Å². The van der Waals surface area contributed by atoms with Crippen LogP contribution < -0.4 is 5.32 Å². The number of likely N-dealkylation sites (N-methyl/N-ethyl adjacent to an activating group) is 1. The molecule has 0 aromatic heterocycles. The number of hydrogen-bond donors (Lipinski definition) is 1. The molecule has 4 heteroatoms. The Morgan fingerprint density at radius 3 is 2.48 bits per heavy atom. The minimum absolute atomic E-state index is 0.194. The molecule has 2 rings (SSSR count). The highest BCUT2D eigenvalue weighted by Crippen LogP contribution is 2.23. The summed E-state index contributed by atoms with van der Waals surface area (Å²) >= 11 is 12.0. The number of hydrogen-bond acceptors (Lipinski definition) is 1. The molecule has 1 unspecified atom stereocenters. The monoisotopic (exact) mass is 325 g/mol. The summed E-state index contributed by atoms with van der Waals surface area (Å²) in [5, 5.41) is 4.40. The van der Waals surface area contributed by atoms with Gasteiger partial charge in [0.2, 0.25) is 0 Å². The number of rotatable bonds is 5. The third-order valence-corrected chi connectivity index (χ3v) is 4.39. The molecule has 112 valence electrons. The van der Waals surface area contributed by atoms with Crippen LogP contribution in [0.2, 0.25) is 10.0 Å². The second-order valence-electron chi connectivity index (χ2n) is 5.21. The predicted molar refractivity (Wildman–Crippen MR) is 87.9 cm³/mol. The molecule has 0 saturated carbocycles. The highest BCUT2D eigenvalue weighted by atomic mass is 35.5. The van der Waals surface area contributed by atoms with Gasteiger partial charge in [-0.15, -0.1) is 0 Å². The number of halogens is 3. The molecule has 0 radical (unpaired) electrons. The van der Waals surface area contributed by atoms with Gasteiger partial charge < -0.3 is 5.32 Å². The van der Waals surface area contributed by atoms with Crippen LogP contribution in [0.15, 0.2) is 36.4 Å². The summed E-state index contributed by atoms with van der Waals surface area (Å²) in [6.07, 6.45) is 1.57. The number of nitrogens with one attached hydrogen (secondary N) is 1. The Bertz CT molecular complexity index is 628. The molecule has 1 atom stereocenters. The maximum absolute atomic E-state index is 13.4. The Balaban J connectivity index is 2.12. The van der Waals surface area contributed by atoms with Gasteiger partial charge in [-0.1, -0.05) is 35.3 Å². The van der Waals surface area contributed by atoms with Crippen molar-refractivity contribution in [2.45, 2.75) is 25.8 Å². The summed E-state index contributed by atoms with van der Waals surface area (Å²) in [5.74, 6) is -0.194. The molecule has 1 nitrogen and oxygen atoms in total. The quantitative estimate of drug-likeness (QED) is 0.831. The summed E-state index contributed by atoms with van der Waals surface area (Å²) in [5.41, 5.74) is 3.23. The van der Waals surface area contributed by atoms with Gasteiger partial charge in [-0.3, -0.25) is 0 Å². The van der Waals surface area contributed by atoms with Gasteiger partial charge in [-0.25, -0.2) is 4.39 Å². The van der Waals surface area contributed by atoms with E-state index in [1.165, 1.54) is 6.07 Å². The van der Waals surface area contributed by atoms with E-state index in [1.54, 1.807) is 12.1 Å². The minimum Gasteiger partial charge on any atom is -0.316 e. The normalized spacial score (nSPS) is 12.4. The fraction of sp³-hybridized carbons (Fsp3) is 0.294. The second kappa shape index (κ2) is 7.26. The van der Waals surface area contributed by atoms with Crippen LogP contribution in [0.25, 0.3) is 0 Å². The lowest BCUT2D eigenvalue weighted by molar-refractivity contribution is 0.551. The van der Waals surface area contributed by atoms with Crippen LogP contribution in [0.3, 0.4) is 0 Å². The summed E-state index contributed by atoms with van der Waals surface area (Å²) in [6.45, 7) is 2.00. The van der Waals surface area contributed by atoms with Gasteiger partial charge in [-0.05, 0) is 67.8 Å². The first kappa shape index (κ1) is 16.3. The molecular formula is C17H18Cl2FN. The van der Waals surface area contributed by atoms with Crippen molar-refractivity contribution in [2.75, 3.05) is 7.05 Å². The van der Waals surface area contributed by atoms with E-state index < -0.39 is 0 Å². The summed E-state index contributed by atoms with van der Waals surface area (Å²) in [6, 6.07) is 10.8. The highest BCUT2D eigenvalue weighted by Gasteiger charge is 2.12. The van der Waals surface area contributed by atoms with E-state index in [-0.39, 0.29) is 11.9 Å². The van der Waals surface area contributed by atoms with Gasteiger partial charge in [0.15, 0.2) is 0 Å². The van der Waals surface area contributed by atoms with Gasteiger partial charge in [0, 0.05) is 6.04 Å². The van der Waals surface area contributed by atoms with Crippen LogP contribution in [0.5, 0.6) is 0 Å². The van der Waals surface area contributed by atoms with Gasteiger partial charge >= 0.3 is 0 Å². The average Bonchev–Trinajstić information content (AvgIpc) is 2.46. The second-order valence-corrected chi connectivity index (χ2v) is 6.03. The van der Waals surface area contributed by atoms with Crippen LogP contribution in [0.1, 0.15) is 16.7 Å². The maximum atomic E-state index is 13.4. The Morgan fingerprint density at radius 1 is 1.05 bits per heavy atom. The van der Waals surface area contributed by atoms with E-state index in [2.05, 4.69) is 5.32 Å². The topological polar surface area (TPSA) is 12.0 Å². The van der Waals surface area contributed by atoms with E-state index in [4.69, 9.17) is 23.2 Å². The molecule has 2 aromatic rings. The molecule has 1 N–H and O–H groups in total. The first-order chi connectivity index (χ1) is 9.99. The lowest BCUT2D eigenvalue weighted by atomic mass is 9.96. The standard InChI is InChI=1S/C17H18Cl2FN/c1-11-3-5-14(20)9-13(11)10-15(21-2)7-12-4-6-16(18)17(19)8-12/h3-6,8-9,15,21H,7,10H2,1-2H3. The lowest BCUT2D eigenvalue weighted by Crippen LogP contribution is -2.30. The third kappa shape index (κ3) is 4.44. The van der Waals surface area contributed by atoms with E-state index in [9.17, 15) is 4.39 Å². The number of benzene rings is 2. The van der Waals surface area contributed by atoms with Crippen molar-refractivity contribution in [3.05, 3.63) is 69.0 Å². The van der Waals surface area contributed by atoms with Crippen molar-refractivity contribution >= 4 is 23.2 Å². The Morgan fingerprint density at radius 2 is 1.81 bits per heavy atom. The van der Waals surface area contributed by atoms with Crippen LogP contribution in [-0.2, 0) is 12.8 Å². The molecule has 0 aliphatic carbocycles. The van der Waals surface area contributed by atoms with Gasteiger partial charge in [-0.2, -0.15) is 0 Å². The molecule has 21 heavy (non-hydrogen) atoms. The van der Waals surface area contributed by atoms with E-state index in [0.29, 0.717) is 10.0 Å². The Labute approximate surface area is 135 Å². The third-order valence-electron chi connectivity index (χ3n) is 3.65. The van der Waals surface area contributed by atoms with Gasteiger partial charge in [0.05, 0.1) is 10.0 Å². The molecule has 0 fully saturated rings. The fourth-order valence-corrected chi connectivity index (χ4v) is 2.67. The largest absolute Gasteiger partial charge is 0.316 e. The van der Waals surface area contributed by atoms with Crippen molar-refractivity contribution in [1.29, 1.82) is 0 Å². The van der Waals surface area contributed by atoms with Gasteiger partial charge in [0.1, 0.15) is 5.82 Å². The van der Waals surface area contributed by atoms with E-state index in [1.807, 2.05) is 32.2 Å². The number of aryl methyl sites for hydroxylation is 1. The predicted octanol–water partition coefficient (Wildman–Crippen LogP) is 4.81. The Kier molecular flexibility index (Phi) is 5.63. The van der Waals surface area contributed by atoms with Crippen molar-refractivity contribution in [1.82, 2.24) is 5.32 Å². The average molecular weight is 326 g/mol. The van der Waals surface area contributed by atoms with Crippen molar-refractivity contribution in [2.24, 2.45) is 0 Å². The van der Waals surface area contributed by atoms with Crippen LogP contribution in [0.4, 0.5) is 4.39 Å². The van der Waals surface area contributed by atoms with Crippen LogP contribution in [-0.4, -0.2) is 13.1 Å². The Hall–Kier alpha value is -1.09. The highest BCUT2D eigenvalue weighted by molar-refractivity contribution is 6.42. The van der Waals surface area contributed by atoms with Crippen molar-refractivity contribution in [3.63, 3.8) is 0 Å². The summed E-state index contributed by atoms with van der Waals surface area (Å²) in [4.78, 5) is 0. The molecule has 0 amide bonds. The van der Waals surface area contributed by atoms with E-state index in [0.717, 1.165) is 29.5 Å². The molecule has 0 saturated heterocycles. The van der Waals surface area contributed by atoms with Gasteiger partial charge in [0.25, 0.3) is 0 Å². The first-order valence-electron chi connectivity index (χ1n) is 6.86. The smallest absolute Gasteiger partial charge is 0.123 e.